The van der Waals surface area contributed by atoms with Crippen LogP contribution in [0.25, 0.3) is 11.0 Å². The third-order valence-electron chi connectivity index (χ3n) is 5.35. The molecule has 8 heteroatoms. The van der Waals surface area contributed by atoms with Crippen molar-refractivity contribution in [2.75, 3.05) is 17.6 Å². The zero-order valence-electron chi connectivity index (χ0n) is 18.7. The van der Waals surface area contributed by atoms with E-state index in [1.807, 2.05) is 37.3 Å². The number of unbranched alkanes of at least 4 members (excludes halogenated alkanes) is 2. The topological polar surface area (TPSA) is 112 Å². The van der Waals surface area contributed by atoms with Crippen LogP contribution in [0.1, 0.15) is 49.7 Å². The summed E-state index contributed by atoms with van der Waals surface area (Å²) in [5, 5.41) is 7.16. The first-order valence-corrected chi connectivity index (χ1v) is 11.1. The van der Waals surface area contributed by atoms with Crippen molar-refractivity contribution >= 4 is 39.9 Å². The quantitative estimate of drug-likeness (QED) is 0.342. The molecule has 0 spiro atoms. The minimum Gasteiger partial charge on any atom is -0.412 e. The van der Waals surface area contributed by atoms with Crippen LogP contribution < -0.4 is 16.4 Å². The normalized spacial score (nSPS) is 10.7. The molecular formula is C23H34N6OS. The summed E-state index contributed by atoms with van der Waals surface area (Å²) < 4.78 is 2.35. The molecule has 6 N–H and O–H groups in total. The highest BCUT2D eigenvalue weighted by Gasteiger charge is 2.17. The Balaban J connectivity index is 0.00000341. The van der Waals surface area contributed by atoms with Crippen molar-refractivity contribution in [1.29, 1.82) is 0 Å². The molecule has 0 bridgehead atoms. The molecule has 1 aromatic carbocycles. The Morgan fingerprint density at radius 3 is 2.55 bits per heavy atom. The number of nitrogens with two attached hydrogens (primary N) is 1. The number of benzene rings is 1. The van der Waals surface area contributed by atoms with E-state index in [0.29, 0.717) is 10.9 Å². The zero-order chi connectivity index (χ0) is 21.5. The minimum absolute atomic E-state index is 0. The fourth-order valence-corrected chi connectivity index (χ4v) is 3.83. The number of thiocarbonyl (C=S) groups is 1. The largest absolute Gasteiger partial charge is 0.412 e. The van der Waals surface area contributed by atoms with Crippen molar-refractivity contribution in [3.05, 3.63) is 47.4 Å². The standard InChI is InChI=1S/C23H32N6S.H2O/c1-4-5-13-19-28-20-21(16(2)17(3)26-22(20)24)29(19)15-10-9-14-25-23(30)27-18-11-7-6-8-12-18;/h6-8,11-12H,4-5,9-10,13-15H2,1-3H3,(H2,24,26)(H2,25,27,30);1H2. The van der Waals surface area contributed by atoms with Gasteiger partial charge in [-0.1, -0.05) is 31.5 Å². The van der Waals surface area contributed by atoms with Crippen LogP contribution in [0, 0.1) is 13.8 Å². The first kappa shape index (κ1) is 24.6. The van der Waals surface area contributed by atoms with E-state index in [4.69, 9.17) is 22.9 Å². The van der Waals surface area contributed by atoms with Crippen LogP contribution in [0.4, 0.5) is 11.5 Å². The Morgan fingerprint density at radius 1 is 1.10 bits per heavy atom. The van der Waals surface area contributed by atoms with E-state index in [1.54, 1.807) is 0 Å². The van der Waals surface area contributed by atoms with Gasteiger partial charge in [-0.3, -0.25) is 0 Å². The average Bonchev–Trinajstić information content (AvgIpc) is 3.10. The zero-order valence-corrected chi connectivity index (χ0v) is 19.5. The van der Waals surface area contributed by atoms with Crippen molar-refractivity contribution in [2.45, 2.75) is 59.4 Å². The summed E-state index contributed by atoms with van der Waals surface area (Å²) in [6.45, 7) is 8.08. The van der Waals surface area contributed by atoms with Gasteiger partial charge in [0.1, 0.15) is 11.3 Å². The van der Waals surface area contributed by atoms with Gasteiger partial charge in [0.05, 0.1) is 5.52 Å². The van der Waals surface area contributed by atoms with Crippen LogP contribution in [0.3, 0.4) is 0 Å². The smallest absolute Gasteiger partial charge is 0.170 e. The number of aromatic nitrogens is 3. The summed E-state index contributed by atoms with van der Waals surface area (Å²) in [5.74, 6) is 1.65. The maximum atomic E-state index is 6.19. The average molecular weight is 443 g/mol. The number of aryl methyl sites for hydroxylation is 4. The monoisotopic (exact) mass is 442 g/mol. The molecule has 0 saturated carbocycles. The second kappa shape index (κ2) is 11.6. The summed E-state index contributed by atoms with van der Waals surface area (Å²) in [6.07, 6.45) is 5.28. The molecule has 0 aliphatic heterocycles. The van der Waals surface area contributed by atoms with Gasteiger partial charge in [-0.25, -0.2) is 9.97 Å². The SMILES string of the molecule is CCCCc1nc2c(N)nc(C)c(C)c2n1CCCCNC(=S)Nc1ccccc1.O. The predicted octanol–water partition coefficient (Wildman–Crippen LogP) is 3.92. The number of imidazole rings is 1. The highest BCUT2D eigenvalue weighted by Crippen LogP contribution is 2.27. The molecule has 3 aromatic rings. The molecule has 0 amide bonds. The highest BCUT2D eigenvalue weighted by atomic mass is 32.1. The van der Waals surface area contributed by atoms with E-state index < -0.39 is 0 Å². The number of rotatable bonds is 9. The minimum atomic E-state index is 0. The number of fused-ring (bicyclic) bond motifs is 1. The van der Waals surface area contributed by atoms with Crippen molar-refractivity contribution in [2.24, 2.45) is 0 Å². The van der Waals surface area contributed by atoms with Crippen LogP contribution in [-0.2, 0) is 13.0 Å². The van der Waals surface area contributed by atoms with Crippen LogP contribution in [0.5, 0.6) is 0 Å². The van der Waals surface area contributed by atoms with Gasteiger partial charge in [-0.05, 0) is 63.0 Å². The van der Waals surface area contributed by atoms with E-state index in [9.17, 15) is 0 Å². The number of nitrogens with one attached hydrogen (secondary N) is 2. The first-order valence-electron chi connectivity index (χ1n) is 10.7. The number of nitrogen functional groups attached to an aromatic ring is 1. The molecule has 3 rings (SSSR count). The molecule has 0 saturated heterocycles. The lowest BCUT2D eigenvalue weighted by Crippen LogP contribution is -2.29. The first-order chi connectivity index (χ1) is 14.5. The van der Waals surface area contributed by atoms with Crippen molar-refractivity contribution in [3.63, 3.8) is 0 Å². The van der Waals surface area contributed by atoms with E-state index in [1.165, 1.54) is 5.56 Å². The molecule has 0 radical (unpaired) electrons. The Morgan fingerprint density at radius 2 is 1.84 bits per heavy atom. The molecule has 31 heavy (non-hydrogen) atoms. The van der Waals surface area contributed by atoms with Gasteiger partial charge in [0.25, 0.3) is 0 Å². The summed E-state index contributed by atoms with van der Waals surface area (Å²) in [7, 11) is 0. The maximum absolute atomic E-state index is 6.19. The summed E-state index contributed by atoms with van der Waals surface area (Å²) in [6, 6.07) is 9.97. The van der Waals surface area contributed by atoms with Crippen LogP contribution in [0.15, 0.2) is 30.3 Å². The predicted molar refractivity (Wildman–Crippen MR) is 134 cm³/mol. The van der Waals surface area contributed by atoms with Crippen LogP contribution >= 0.6 is 12.2 Å². The van der Waals surface area contributed by atoms with E-state index in [-0.39, 0.29) is 5.48 Å². The number of nitrogens with zero attached hydrogens (tertiary/aromatic N) is 3. The lowest BCUT2D eigenvalue weighted by atomic mass is 10.2. The molecule has 0 fully saturated rings. The number of hydrogen-bond donors (Lipinski definition) is 3. The Kier molecular flexibility index (Phi) is 9.21. The van der Waals surface area contributed by atoms with Crippen molar-refractivity contribution < 1.29 is 5.48 Å². The van der Waals surface area contributed by atoms with Gasteiger partial charge in [-0.15, -0.1) is 0 Å². The molecule has 2 aromatic heterocycles. The van der Waals surface area contributed by atoms with Gasteiger partial charge in [0.15, 0.2) is 10.9 Å². The van der Waals surface area contributed by atoms with Gasteiger partial charge >= 0.3 is 0 Å². The second-order valence-corrected chi connectivity index (χ2v) is 8.05. The fourth-order valence-electron chi connectivity index (χ4n) is 3.61. The van der Waals surface area contributed by atoms with E-state index >= 15 is 0 Å². The van der Waals surface area contributed by atoms with Gasteiger partial charge < -0.3 is 26.4 Å². The van der Waals surface area contributed by atoms with Crippen molar-refractivity contribution in [3.8, 4) is 0 Å². The Hall–Kier alpha value is -2.71. The lowest BCUT2D eigenvalue weighted by molar-refractivity contribution is 0.584. The number of anilines is 2. The molecule has 0 atom stereocenters. The number of hydrogen-bond acceptors (Lipinski definition) is 4. The molecule has 0 unspecified atom stereocenters. The van der Waals surface area contributed by atoms with Crippen LogP contribution in [0.2, 0.25) is 0 Å². The summed E-state index contributed by atoms with van der Waals surface area (Å²) in [4.78, 5) is 9.32. The van der Waals surface area contributed by atoms with Crippen molar-refractivity contribution in [1.82, 2.24) is 19.9 Å². The third kappa shape index (κ3) is 6.15. The third-order valence-corrected chi connectivity index (χ3v) is 5.60. The van der Waals surface area contributed by atoms with Gasteiger partial charge in [-0.2, -0.15) is 0 Å². The lowest BCUT2D eigenvalue weighted by Gasteiger charge is -2.13. The number of pyridine rings is 1. The maximum Gasteiger partial charge on any atom is 0.170 e. The summed E-state index contributed by atoms with van der Waals surface area (Å²) >= 11 is 5.38. The van der Waals surface area contributed by atoms with Gasteiger partial charge in [0, 0.05) is 30.9 Å². The molecule has 7 nitrogen and oxygen atoms in total. The molecular weight excluding hydrogens is 408 g/mol. The number of para-hydroxylation sites is 1. The molecule has 168 valence electrons. The molecule has 2 heterocycles. The molecule has 0 aliphatic carbocycles. The molecule has 0 aliphatic rings. The van der Waals surface area contributed by atoms with Gasteiger partial charge in [0.2, 0.25) is 0 Å². The fraction of sp³-hybridized carbons (Fsp3) is 0.435. The highest BCUT2D eigenvalue weighted by molar-refractivity contribution is 7.80. The Labute approximate surface area is 189 Å². The van der Waals surface area contributed by atoms with E-state index in [2.05, 4.69) is 34.0 Å². The van der Waals surface area contributed by atoms with Crippen LogP contribution in [-0.4, -0.2) is 31.7 Å². The van der Waals surface area contributed by atoms with E-state index in [0.717, 1.165) is 73.4 Å². The summed E-state index contributed by atoms with van der Waals surface area (Å²) in [5.41, 5.74) is 11.3. The second-order valence-electron chi connectivity index (χ2n) is 7.64. The Bertz CT molecular complexity index is 1000.